The number of carbonyl (C=O) groups excluding carboxylic acids is 1. The fourth-order valence-corrected chi connectivity index (χ4v) is 2.79. The molecule has 1 aromatic heterocycles. The Bertz CT molecular complexity index is 639. The molecule has 0 aliphatic carbocycles. The van der Waals surface area contributed by atoms with E-state index in [1.165, 1.54) is 19.1 Å². The van der Waals surface area contributed by atoms with Crippen molar-refractivity contribution in [1.82, 2.24) is 10.3 Å². The van der Waals surface area contributed by atoms with E-state index in [9.17, 15) is 4.79 Å². The molecule has 0 bridgehead atoms. The van der Waals surface area contributed by atoms with Gasteiger partial charge in [0.15, 0.2) is 5.69 Å². The molecule has 5 heteroatoms. The van der Waals surface area contributed by atoms with E-state index in [0.717, 1.165) is 18.4 Å². The first-order valence-corrected chi connectivity index (χ1v) is 9.17. The molecule has 1 aromatic carbocycles. The number of rotatable bonds is 10. The summed E-state index contributed by atoms with van der Waals surface area (Å²) in [6, 6.07) is 9.57. The van der Waals surface area contributed by atoms with Crippen molar-refractivity contribution in [3.8, 4) is 0 Å². The number of unbranched alkanes of at least 4 members (excludes halogenated alkanes) is 1. The second kappa shape index (κ2) is 9.99. The number of nitrogens with zero attached hydrogens (tertiary/aromatic N) is 1. The van der Waals surface area contributed by atoms with Crippen molar-refractivity contribution in [3.63, 3.8) is 0 Å². The van der Waals surface area contributed by atoms with Gasteiger partial charge in [-0.3, -0.25) is 4.79 Å². The van der Waals surface area contributed by atoms with Crippen LogP contribution in [0.3, 0.4) is 0 Å². The molecule has 0 saturated heterocycles. The molecule has 2 unspecified atom stereocenters. The van der Waals surface area contributed by atoms with E-state index in [-0.39, 0.29) is 11.9 Å². The number of carbonyl (C=O) groups is 1. The summed E-state index contributed by atoms with van der Waals surface area (Å²) in [5.74, 6) is 0.708. The second-order valence-corrected chi connectivity index (χ2v) is 6.49. The van der Waals surface area contributed by atoms with Gasteiger partial charge < -0.3 is 15.5 Å². The van der Waals surface area contributed by atoms with E-state index >= 15 is 0 Å². The Kier molecular flexibility index (Phi) is 7.67. The van der Waals surface area contributed by atoms with Gasteiger partial charge >= 0.3 is 0 Å². The molecule has 1 amide bonds. The lowest BCUT2D eigenvalue weighted by Crippen LogP contribution is -2.29. The van der Waals surface area contributed by atoms with Gasteiger partial charge in [0.1, 0.15) is 6.26 Å². The predicted molar refractivity (Wildman–Crippen MR) is 99.2 cm³/mol. The summed E-state index contributed by atoms with van der Waals surface area (Å²) in [6.45, 7) is 5.01. The van der Waals surface area contributed by atoms with Crippen LogP contribution in [0.15, 0.2) is 41.0 Å². The number of hydrogen-bond acceptors (Lipinski definition) is 4. The van der Waals surface area contributed by atoms with Crippen LogP contribution in [0.1, 0.15) is 67.5 Å². The van der Waals surface area contributed by atoms with Gasteiger partial charge in [-0.2, -0.15) is 0 Å². The highest BCUT2D eigenvalue weighted by Gasteiger charge is 2.18. The van der Waals surface area contributed by atoms with E-state index in [1.54, 1.807) is 0 Å². The van der Waals surface area contributed by atoms with Crippen LogP contribution in [-0.4, -0.2) is 17.4 Å². The highest BCUT2D eigenvalue weighted by atomic mass is 16.3. The number of aromatic nitrogens is 1. The molecular formula is C20H29N3O2. The third kappa shape index (κ3) is 6.02. The first kappa shape index (κ1) is 19.2. The fraction of sp³-hybridized carbons (Fsp3) is 0.500. The van der Waals surface area contributed by atoms with Gasteiger partial charge in [-0.1, -0.05) is 63.4 Å². The first-order valence-electron chi connectivity index (χ1n) is 9.17. The summed E-state index contributed by atoms with van der Waals surface area (Å²) in [5, 5.41) is 2.96. The normalized spacial score (nSPS) is 13.4. The molecule has 0 spiro atoms. The van der Waals surface area contributed by atoms with Gasteiger partial charge in [0.2, 0.25) is 5.89 Å². The Morgan fingerprint density at radius 2 is 2.04 bits per heavy atom. The highest BCUT2D eigenvalue weighted by Crippen LogP contribution is 2.16. The zero-order valence-electron chi connectivity index (χ0n) is 15.2. The van der Waals surface area contributed by atoms with Crippen LogP contribution in [0.2, 0.25) is 0 Å². The number of benzene rings is 1. The van der Waals surface area contributed by atoms with Crippen molar-refractivity contribution < 1.29 is 9.21 Å². The Hall–Kier alpha value is -2.14. The number of amides is 1. The standard InChI is InChI=1S/C20H29N3O2/c1-3-5-9-15(4-2)13-22-19(24)18-14-25-20(23-18)17(21)12-16-10-7-6-8-11-16/h6-8,10-11,14-15,17H,3-5,9,12-13,21H2,1-2H3,(H,22,24). The van der Waals surface area contributed by atoms with E-state index in [1.807, 2.05) is 30.3 Å². The number of nitrogens with two attached hydrogens (primary N) is 1. The average Bonchev–Trinajstić information content (AvgIpc) is 3.13. The van der Waals surface area contributed by atoms with Crippen LogP contribution in [0, 0.1) is 5.92 Å². The average molecular weight is 343 g/mol. The minimum Gasteiger partial charge on any atom is -0.446 e. The zero-order valence-corrected chi connectivity index (χ0v) is 15.2. The van der Waals surface area contributed by atoms with E-state index in [4.69, 9.17) is 10.2 Å². The van der Waals surface area contributed by atoms with Crippen molar-refractivity contribution in [2.24, 2.45) is 11.7 Å². The maximum Gasteiger partial charge on any atom is 0.273 e. The maximum absolute atomic E-state index is 12.3. The van der Waals surface area contributed by atoms with E-state index < -0.39 is 0 Å². The quantitative estimate of drug-likeness (QED) is 0.686. The van der Waals surface area contributed by atoms with E-state index in [2.05, 4.69) is 24.1 Å². The smallest absolute Gasteiger partial charge is 0.273 e. The van der Waals surface area contributed by atoms with Crippen LogP contribution in [-0.2, 0) is 6.42 Å². The van der Waals surface area contributed by atoms with Gasteiger partial charge in [-0.15, -0.1) is 0 Å². The number of hydrogen-bond donors (Lipinski definition) is 2. The number of oxazole rings is 1. The summed E-state index contributed by atoms with van der Waals surface area (Å²) < 4.78 is 5.42. The van der Waals surface area contributed by atoms with Gasteiger partial charge in [-0.05, 0) is 24.3 Å². The molecule has 0 fully saturated rings. The summed E-state index contributed by atoms with van der Waals surface area (Å²) >= 11 is 0. The molecule has 2 aromatic rings. The Morgan fingerprint density at radius 1 is 1.28 bits per heavy atom. The third-order valence-corrected chi connectivity index (χ3v) is 4.46. The largest absolute Gasteiger partial charge is 0.446 e. The summed E-state index contributed by atoms with van der Waals surface area (Å²) in [5.41, 5.74) is 7.56. The summed E-state index contributed by atoms with van der Waals surface area (Å²) in [4.78, 5) is 16.5. The Balaban J connectivity index is 1.87. The minimum absolute atomic E-state index is 0.197. The lowest BCUT2D eigenvalue weighted by atomic mass is 9.99. The predicted octanol–water partition coefficient (Wildman–Crippen LogP) is 3.86. The topological polar surface area (TPSA) is 81.2 Å². The highest BCUT2D eigenvalue weighted by molar-refractivity contribution is 5.91. The van der Waals surface area contributed by atoms with Crippen molar-refractivity contribution >= 4 is 5.91 Å². The third-order valence-electron chi connectivity index (χ3n) is 4.46. The molecule has 0 aliphatic heterocycles. The minimum atomic E-state index is -0.364. The molecule has 25 heavy (non-hydrogen) atoms. The van der Waals surface area contributed by atoms with Crippen LogP contribution < -0.4 is 11.1 Å². The molecule has 3 N–H and O–H groups in total. The molecule has 1 heterocycles. The Labute approximate surface area is 150 Å². The van der Waals surface area contributed by atoms with Crippen LogP contribution in [0.4, 0.5) is 0 Å². The summed E-state index contributed by atoms with van der Waals surface area (Å²) in [6.07, 6.45) is 6.58. The van der Waals surface area contributed by atoms with Gasteiger partial charge in [0, 0.05) is 6.54 Å². The maximum atomic E-state index is 12.3. The van der Waals surface area contributed by atoms with E-state index in [0.29, 0.717) is 30.5 Å². The first-order chi connectivity index (χ1) is 12.1. The molecule has 0 aliphatic rings. The molecule has 2 rings (SSSR count). The van der Waals surface area contributed by atoms with Crippen molar-refractivity contribution in [2.45, 2.75) is 52.0 Å². The molecule has 2 atom stereocenters. The van der Waals surface area contributed by atoms with Gasteiger partial charge in [0.05, 0.1) is 6.04 Å². The van der Waals surface area contributed by atoms with Crippen molar-refractivity contribution in [2.75, 3.05) is 6.54 Å². The van der Waals surface area contributed by atoms with Crippen molar-refractivity contribution in [3.05, 3.63) is 53.7 Å². The lowest BCUT2D eigenvalue weighted by Gasteiger charge is -2.14. The molecule has 5 nitrogen and oxygen atoms in total. The molecule has 0 radical (unpaired) electrons. The lowest BCUT2D eigenvalue weighted by molar-refractivity contribution is 0.0940. The monoisotopic (exact) mass is 343 g/mol. The molecule has 136 valence electrons. The summed E-state index contributed by atoms with van der Waals surface area (Å²) in [7, 11) is 0. The van der Waals surface area contributed by atoms with Crippen LogP contribution in [0.5, 0.6) is 0 Å². The number of nitrogens with one attached hydrogen (secondary N) is 1. The van der Waals surface area contributed by atoms with Gasteiger partial charge in [-0.25, -0.2) is 4.98 Å². The van der Waals surface area contributed by atoms with Crippen LogP contribution in [0.25, 0.3) is 0 Å². The fourth-order valence-electron chi connectivity index (χ4n) is 2.79. The Morgan fingerprint density at radius 3 is 2.72 bits per heavy atom. The van der Waals surface area contributed by atoms with Crippen LogP contribution >= 0.6 is 0 Å². The van der Waals surface area contributed by atoms with Gasteiger partial charge in [0.25, 0.3) is 5.91 Å². The molecular weight excluding hydrogens is 314 g/mol. The second-order valence-electron chi connectivity index (χ2n) is 6.49. The zero-order chi connectivity index (χ0) is 18.1. The SMILES string of the molecule is CCCCC(CC)CNC(=O)c1coc(C(N)Cc2ccccc2)n1. The molecule has 0 saturated carbocycles. The van der Waals surface area contributed by atoms with Crippen molar-refractivity contribution in [1.29, 1.82) is 0 Å².